The van der Waals surface area contributed by atoms with Crippen molar-refractivity contribution in [3.63, 3.8) is 0 Å². The first-order valence-corrected chi connectivity index (χ1v) is 8.81. The van der Waals surface area contributed by atoms with Gasteiger partial charge in [-0.15, -0.1) is 10.2 Å². The molecule has 112 valence electrons. The maximum Gasteiger partial charge on any atom is 0.291 e. The van der Waals surface area contributed by atoms with Crippen molar-refractivity contribution in [2.45, 2.75) is 17.2 Å². The first kappa shape index (κ1) is 14.1. The monoisotopic (exact) mass is 325 g/mol. The van der Waals surface area contributed by atoms with Gasteiger partial charge in [0.1, 0.15) is 0 Å². The highest BCUT2D eigenvalue weighted by Crippen LogP contribution is 2.24. The lowest BCUT2D eigenvalue weighted by Gasteiger charge is -2.17. The summed E-state index contributed by atoms with van der Waals surface area (Å²) in [5.74, 6) is 0. The van der Waals surface area contributed by atoms with E-state index in [4.69, 9.17) is 5.73 Å². The van der Waals surface area contributed by atoms with Crippen LogP contribution in [0.4, 0.5) is 16.5 Å². The Labute approximate surface area is 126 Å². The molecule has 9 heteroatoms. The maximum atomic E-state index is 12.1. The predicted octanol–water partition coefficient (Wildman–Crippen LogP) is 1.52. The number of nitrogen functional groups attached to an aromatic ring is 1. The summed E-state index contributed by atoms with van der Waals surface area (Å²) < 4.78 is 26.5. The number of benzene rings is 1. The van der Waals surface area contributed by atoms with E-state index in [-0.39, 0.29) is 9.47 Å². The van der Waals surface area contributed by atoms with E-state index in [1.54, 1.807) is 12.1 Å². The van der Waals surface area contributed by atoms with Gasteiger partial charge in [0.15, 0.2) is 0 Å². The van der Waals surface area contributed by atoms with Crippen LogP contribution >= 0.6 is 11.3 Å². The van der Waals surface area contributed by atoms with Gasteiger partial charge in [-0.1, -0.05) is 11.3 Å². The summed E-state index contributed by atoms with van der Waals surface area (Å²) in [6.07, 6.45) is 2.40. The Morgan fingerprint density at radius 2 is 1.81 bits per heavy atom. The van der Waals surface area contributed by atoms with E-state index in [2.05, 4.69) is 19.8 Å². The lowest BCUT2D eigenvalue weighted by Crippen LogP contribution is -2.17. The minimum absolute atomic E-state index is 0.125. The van der Waals surface area contributed by atoms with Gasteiger partial charge >= 0.3 is 0 Å². The Balaban J connectivity index is 1.75. The normalized spacial score (nSPS) is 15.3. The molecule has 0 amide bonds. The molecule has 7 nitrogen and oxygen atoms in total. The Hall–Kier alpha value is -1.87. The molecule has 1 aliphatic rings. The molecule has 21 heavy (non-hydrogen) atoms. The second kappa shape index (κ2) is 5.49. The molecule has 0 atom stereocenters. The third-order valence-electron chi connectivity index (χ3n) is 3.24. The zero-order chi connectivity index (χ0) is 14.9. The average Bonchev–Trinajstić information content (AvgIpc) is 3.10. The summed E-state index contributed by atoms with van der Waals surface area (Å²) in [5, 5.41) is 7.19. The van der Waals surface area contributed by atoms with E-state index in [1.165, 1.54) is 12.8 Å². The molecule has 0 aliphatic carbocycles. The molecular weight excluding hydrogens is 310 g/mol. The SMILES string of the molecule is Nc1nnc(S(=O)(=O)Nc2ccc(N3CCCC3)cc2)s1. The Morgan fingerprint density at radius 1 is 1.14 bits per heavy atom. The highest BCUT2D eigenvalue weighted by Gasteiger charge is 2.20. The lowest BCUT2D eigenvalue weighted by atomic mass is 10.2. The standard InChI is InChI=1S/C12H15N5O2S2/c13-11-14-15-12(20-11)21(18,19)16-9-3-5-10(6-4-9)17-7-1-2-8-17/h3-6,16H,1-2,7-8H2,(H2,13,14). The largest absolute Gasteiger partial charge is 0.374 e. The Bertz CT molecular complexity index is 720. The smallest absolute Gasteiger partial charge is 0.291 e. The van der Waals surface area contributed by atoms with E-state index in [9.17, 15) is 8.42 Å². The fraction of sp³-hybridized carbons (Fsp3) is 0.333. The van der Waals surface area contributed by atoms with E-state index in [0.29, 0.717) is 5.69 Å². The van der Waals surface area contributed by atoms with Crippen molar-refractivity contribution in [1.29, 1.82) is 0 Å². The van der Waals surface area contributed by atoms with Gasteiger partial charge in [-0.3, -0.25) is 4.72 Å². The summed E-state index contributed by atoms with van der Waals surface area (Å²) in [4.78, 5) is 2.28. The van der Waals surface area contributed by atoms with Gasteiger partial charge in [0.2, 0.25) is 5.13 Å². The number of aromatic nitrogens is 2. The number of rotatable bonds is 4. The fourth-order valence-electron chi connectivity index (χ4n) is 2.24. The number of hydrogen-bond donors (Lipinski definition) is 2. The summed E-state index contributed by atoms with van der Waals surface area (Å²) in [6.45, 7) is 2.10. The van der Waals surface area contributed by atoms with Crippen molar-refractivity contribution in [3.05, 3.63) is 24.3 Å². The first-order valence-electron chi connectivity index (χ1n) is 6.51. The van der Waals surface area contributed by atoms with E-state index >= 15 is 0 Å². The van der Waals surface area contributed by atoms with E-state index in [0.717, 1.165) is 30.1 Å². The van der Waals surface area contributed by atoms with Gasteiger partial charge in [-0.2, -0.15) is 8.42 Å². The van der Waals surface area contributed by atoms with Crippen LogP contribution in [0, 0.1) is 0 Å². The van der Waals surface area contributed by atoms with Gasteiger partial charge in [-0.25, -0.2) is 0 Å². The second-order valence-corrected chi connectivity index (χ2v) is 7.62. The van der Waals surface area contributed by atoms with Crippen molar-refractivity contribution in [2.24, 2.45) is 0 Å². The highest BCUT2D eigenvalue weighted by atomic mass is 32.2. The third-order valence-corrected chi connectivity index (χ3v) is 5.74. The van der Waals surface area contributed by atoms with Crippen LogP contribution in [0.5, 0.6) is 0 Å². The summed E-state index contributed by atoms with van der Waals surface area (Å²) in [6, 6.07) is 7.32. The zero-order valence-corrected chi connectivity index (χ0v) is 12.8. The molecule has 0 saturated carbocycles. The number of sulfonamides is 1. The molecule has 0 unspecified atom stereocenters. The minimum atomic E-state index is -3.72. The van der Waals surface area contributed by atoms with Crippen LogP contribution in [0.3, 0.4) is 0 Å². The van der Waals surface area contributed by atoms with Crippen molar-refractivity contribution >= 4 is 37.9 Å². The molecule has 1 aromatic carbocycles. The van der Waals surface area contributed by atoms with Gasteiger partial charge in [0.05, 0.1) is 0 Å². The Kier molecular flexibility index (Phi) is 3.68. The zero-order valence-electron chi connectivity index (χ0n) is 11.2. The van der Waals surface area contributed by atoms with Crippen LogP contribution in [0.25, 0.3) is 0 Å². The van der Waals surface area contributed by atoms with Gasteiger partial charge in [0, 0.05) is 24.5 Å². The van der Waals surface area contributed by atoms with Crippen molar-refractivity contribution in [2.75, 3.05) is 28.4 Å². The molecule has 0 radical (unpaired) electrons. The molecule has 1 fully saturated rings. The first-order chi connectivity index (χ1) is 10.0. The van der Waals surface area contributed by atoms with E-state index in [1.807, 2.05) is 12.1 Å². The van der Waals surface area contributed by atoms with Gasteiger partial charge < -0.3 is 10.6 Å². The molecule has 2 heterocycles. The summed E-state index contributed by atoms with van der Waals surface area (Å²) >= 11 is 0.834. The number of nitrogens with zero attached hydrogens (tertiary/aromatic N) is 3. The van der Waals surface area contributed by atoms with Crippen LogP contribution in [-0.2, 0) is 10.0 Å². The van der Waals surface area contributed by atoms with Crippen LogP contribution in [-0.4, -0.2) is 31.7 Å². The molecule has 1 aromatic heterocycles. The van der Waals surface area contributed by atoms with Gasteiger partial charge in [-0.05, 0) is 37.1 Å². The number of nitrogens with one attached hydrogen (secondary N) is 1. The van der Waals surface area contributed by atoms with E-state index < -0.39 is 10.0 Å². The second-order valence-electron chi connectivity index (χ2n) is 4.75. The number of anilines is 3. The molecule has 0 bridgehead atoms. The maximum absolute atomic E-state index is 12.1. The summed E-state index contributed by atoms with van der Waals surface area (Å²) in [5.41, 5.74) is 7.00. The molecule has 3 rings (SSSR count). The van der Waals surface area contributed by atoms with Crippen molar-refractivity contribution in [3.8, 4) is 0 Å². The fourth-order valence-corrected chi connectivity index (χ4v) is 4.09. The lowest BCUT2D eigenvalue weighted by molar-refractivity contribution is 0.599. The highest BCUT2D eigenvalue weighted by molar-refractivity contribution is 7.94. The van der Waals surface area contributed by atoms with Crippen LogP contribution in [0.2, 0.25) is 0 Å². The molecular formula is C12H15N5O2S2. The molecule has 3 N–H and O–H groups in total. The number of nitrogens with two attached hydrogens (primary N) is 1. The molecule has 2 aromatic rings. The van der Waals surface area contributed by atoms with Crippen molar-refractivity contribution in [1.82, 2.24) is 10.2 Å². The third kappa shape index (κ3) is 3.08. The van der Waals surface area contributed by atoms with Crippen LogP contribution in [0.1, 0.15) is 12.8 Å². The average molecular weight is 325 g/mol. The van der Waals surface area contributed by atoms with Crippen LogP contribution < -0.4 is 15.4 Å². The Morgan fingerprint density at radius 3 is 2.38 bits per heavy atom. The predicted molar refractivity (Wildman–Crippen MR) is 83.0 cm³/mol. The van der Waals surface area contributed by atoms with Gasteiger partial charge in [0.25, 0.3) is 14.4 Å². The number of hydrogen-bond acceptors (Lipinski definition) is 7. The quantitative estimate of drug-likeness (QED) is 0.884. The van der Waals surface area contributed by atoms with Crippen molar-refractivity contribution < 1.29 is 8.42 Å². The molecule has 0 spiro atoms. The molecule has 1 saturated heterocycles. The summed E-state index contributed by atoms with van der Waals surface area (Å²) in [7, 11) is -3.72. The molecule has 1 aliphatic heterocycles. The van der Waals surface area contributed by atoms with Crippen LogP contribution in [0.15, 0.2) is 28.6 Å². The topological polar surface area (TPSA) is 101 Å². The minimum Gasteiger partial charge on any atom is -0.374 e.